The van der Waals surface area contributed by atoms with Crippen molar-refractivity contribution in [2.75, 3.05) is 0 Å². The highest BCUT2D eigenvalue weighted by Gasteiger charge is 2.26. The molecule has 19 heavy (non-hydrogen) atoms. The van der Waals surface area contributed by atoms with Crippen molar-refractivity contribution in [3.63, 3.8) is 0 Å². The van der Waals surface area contributed by atoms with E-state index in [2.05, 4.69) is 37.9 Å². The predicted octanol–water partition coefficient (Wildman–Crippen LogP) is 4.60. The van der Waals surface area contributed by atoms with Crippen molar-refractivity contribution in [3.8, 4) is 11.4 Å². The van der Waals surface area contributed by atoms with Crippen molar-refractivity contribution < 1.29 is 0 Å². The van der Waals surface area contributed by atoms with Gasteiger partial charge in [-0.3, -0.25) is 0 Å². The molecule has 1 aliphatic carbocycles. The maximum atomic E-state index is 6.14. The molecule has 0 N–H and O–H groups in total. The first-order valence-corrected chi connectivity index (χ1v) is 7.05. The van der Waals surface area contributed by atoms with Gasteiger partial charge in [0.25, 0.3) is 0 Å². The Morgan fingerprint density at radius 3 is 2.32 bits per heavy atom. The van der Waals surface area contributed by atoms with Gasteiger partial charge in [-0.15, -0.1) is 0 Å². The van der Waals surface area contributed by atoms with Gasteiger partial charge in [-0.1, -0.05) is 17.7 Å². The SMILES string of the molecule is Cc1cc(C)c(-c2nc(Cl)cc(C3CC3)n2)cc1C. The largest absolute Gasteiger partial charge is 0.233 e. The molecule has 2 aromatic rings. The summed E-state index contributed by atoms with van der Waals surface area (Å²) in [6.45, 7) is 6.34. The fraction of sp³-hybridized carbons (Fsp3) is 0.375. The first-order chi connectivity index (χ1) is 9.04. The lowest BCUT2D eigenvalue weighted by atomic mass is 10.0. The van der Waals surface area contributed by atoms with Crippen molar-refractivity contribution in [3.05, 3.63) is 45.7 Å². The van der Waals surface area contributed by atoms with Crippen LogP contribution in [0, 0.1) is 20.8 Å². The maximum Gasteiger partial charge on any atom is 0.161 e. The monoisotopic (exact) mass is 272 g/mol. The molecule has 0 bridgehead atoms. The van der Waals surface area contributed by atoms with E-state index in [1.165, 1.54) is 29.5 Å². The summed E-state index contributed by atoms with van der Waals surface area (Å²) in [5, 5.41) is 0.546. The summed E-state index contributed by atoms with van der Waals surface area (Å²) in [7, 11) is 0. The van der Waals surface area contributed by atoms with Gasteiger partial charge in [0.05, 0.1) is 0 Å². The van der Waals surface area contributed by atoms with Gasteiger partial charge < -0.3 is 0 Å². The predicted molar refractivity (Wildman–Crippen MR) is 78.7 cm³/mol. The number of hydrogen-bond donors (Lipinski definition) is 0. The van der Waals surface area contributed by atoms with Gasteiger partial charge in [-0.05, 0) is 62.4 Å². The number of rotatable bonds is 2. The highest BCUT2D eigenvalue weighted by molar-refractivity contribution is 6.29. The number of hydrogen-bond acceptors (Lipinski definition) is 2. The normalized spacial score (nSPS) is 14.7. The number of aromatic nitrogens is 2. The minimum atomic E-state index is 0.546. The second-order valence-electron chi connectivity index (χ2n) is 5.46. The summed E-state index contributed by atoms with van der Waals surface area (Å²) in [6.07, 6.45) is 2.44. The van der Waals surface area contributed by atoms with Gasteiger partial charge in [-0.25, -0.2) is 9.97 Å². The minimum absolute atomic E-state index is 0.546. The van der Waals surface area contributed by atoms with Gasteiger partial charge in [-0.2, -0.15) is 0 Å². The molecule has 0 spiro atoms. The summed E-state index contributed by atoms with van der Waals surface area (Å²) in [5.41, 5.74) is 5.94. The molecule has 3 rings (SSSR count). The molecule has 0 atom stereocenters. The first kappa shape index (κ1) is 12.6. The summed E-state index contributed by atoms with van der Waals surface area (Å²) >= 11 is 6.14. The summed E-state index contributed by atoms with van der Waals surface area (Å²) in [6, 6.07) is 6.25. The van der Waals surface area contributed by atoms with E-state index < -0.39 is 0 Å². The van der Waals surface area contributed by atoms with Crippen LogP contribution < -0.4 is 0 Å². The van der Waals surface area contributed by atoms with Crippen LogP contribution in [-0.4, -0.2) is 9.97 Å². The third kappa shape index (κ3) is 2.50. The average molecular weight is 273 g/mol. The van der Waals surface area contributed by atoms with Crippen LogP contribution in [0.25, 0.3) is 11.4 Å². The molecule has 1 fully saturated rings. The van der Waals surface area contributed by atoms with Gasteiger partial charge in [0.1, 0.15) is 5.15 Å². The van der Waals surface area contributed by atoms with E-state index in [0.29, 0.717) is 11.1 Å². The van der Waals surface area contributed by atoms with Crippen LogP contribution >= 0.6 is 11.6 Å². The molecule has 0 radical (unpaired) electrons. The van der Waals surface area contributed by atoms with E-state index in [1.807, 2.05) is 6.07 Å². The fourth-order valence-electron chi connectivity index (χ4n) is 2.35. The number of halogens is 1. The van der Waals surface area contributed by atoms with Crippen LogP contribution in [0.4, 0.5) is 0 Å². The van der Waals surface area contributed by atoms with Crippen LogP contribution in [0.1, 0.15) is 41.1 Å². The van der Waals surface area contributed by atoms with Gasteiger partial charge in [0.2, 0.25) is 0 Å². The lowest BCUT2D eigenvalue weighted by molar-refractivity contribution is 0.992. The Labute approximate surface area is 118 Å². The van der Waals surface area contributed by atoms with E-state index in [-0.39, 0.29) is 0 Å². The van der Waals surface area contributed by atoms with Gasteiger partial charge in [0, 0.05) is 17.2 Å². The Kier molecular flexibility index (Phi) is 3.06. The Morgan fingerprint density at radius 2 is 1.63 bits per heavy atom. The summed E-state index contributed by atoms with van der Waals surface area (Å²) in [5.74, 6) is 1.35. The highest BCUT2D eigenvalue weighted by Crippen LogP contribution is 2.40. The molecule has 1 saturated carbocycles. The van der Waals surface area contributed by atoms with E-state index in [4.69, 9.17) is 16.6 Å². The van der Waals surface area contributed by atoms with Gasteiger partial charge in [0.15, 0.2) is 5.82 Å². The van der Waals surface area contributed by atoms with E-state index in [1.54, 1.807) is 0 Å². The molecular weight excluding hydrogens is 256 g/mol. The third-order valence-electron chi connectivity index (χ3n) is 3.79. The molecule has 2 nitrogen and oxygen atoms in total. The summed E-state index contributed by atoms with van der Waals surface area (Å²) in [4.78, 5) is 9.10. The first-order valence-electron chi connectivity index (χ1n) is 6.67. The van der Waals surface area contributed by atoms with Crippen molar-refractivity contribution in [1.82, 2.24) is 9.97 Å². The lowest BCUT2D eigenvalue weighted by Crippen LogP contribution is -1.97. The molecule has 0 unspecified atom stereocenters. The maximum absolute atomic E-state index is 6.14. The van der Waals surface area contributed by atoms with E-state index >= 15 is 0 Å². The number of aryl methyl sites for hydroxylation is 3. The second kappa shape index (κ2) is 4.61. The molecule has 3 heteroatoms. The Balaban J connectivity index is 2.13. The summed E-state index contributed by atoms with van der Waals surface area (Å²) < 4.78 is 0. The fourth-order valence-corrected chi connectivity index (χ4v) is 2.54. The standard InChI is InChI=1S/C16H17ClN2/c1-9-6-11(3)13(7-10(9)2)16-18-14(12-4-5-12)8-15(17)19-16/h6-8,12H,4-5H2,1-3H3. The highest BCUT2D eigenvalue weighted by atomic mass is 35.5. The topological polar surface area (TPSA) is 25.8 Å². The molecule has 98 valence electrons. The third-order valence-corrected chi connectivity index (χ3v) is 3.99. The Morgan fingerprint density at radius 1 is 0.947 bits per heavy atom. The lowest BCUT2D eigenvalue weighted by Gasteiger charge is -2.10. The molecule has 0 aliphatic heterocycles. The molecule has 1 aromatic heterocycles. The van der Waals surface area contributed by atoms with Crippen molar-refractivity contribution in [1.29, 1.82) is 0 Å². The quantitative estimate of drug-likeness (QED) is 0.747. The van der Waals surface area contributed by atoms with Crippen LogP contribution in [-0.2, 0) is 0 Å². The Bertz CT molecular complexity index is 645. The molecule has 1 aromatic carbocycles. The van der Waals surface area contributed by atoms with E-state index in [9.17, 15) is 0 Å². The van der Waals surface area contributed by atoms with Gasteiger partial charge >= 0.3 is 0 Å². The zero-order valence-electron chi connectivity index (χ0n) is 11.5. The smallest absolute Gasteiger partial charge is 0.161 e. The van der Waals surface area contributed by atoms with Crippen molar-refractivity contribution >= 4 is 11.6 Å². The molecule has 1 aliphatic rings. The second-order valence-corrected chi connectivity index (χ2v) is 5.85. The minimum Gasteiger partial charge on any atom is -0.233 e. The zero-order valence-corrected chi connectivity index (χ0v) is 12.3. The van der Waals surface area contributed by atoms with Crippen LogP contribution in [0.3, 0.4) is 0 Å². The van der Waals surface area contributed by atoms with Crippen LogP contribution in [0.5, 0.6) is 0 Å². The molecular formula is C16H17ClN2. The van der Waals surface area contributed by atoms with Crippen molar-refractivity contribution in [2.24, 2.45) is 0 Å². The van der Waals surface area contributed by atoms with Crippen molar-refractivity contribution in [2.45, 2.75) is 39.5 Å². The number of nitrogens with zero attached hydrogens (tertiary/aromatic N) is 2. The zero-order chi connectivity index (χ0) is 13.6. The molecule has 0 saturated heterocycles. The van der Waals surface area contributed by atoms with E-state index in [0.717, 1.165) is 17.1 Å². The average Bonchev–Trinajstić information content (AvgIpc) is 3.17. The number of benzene rings is 1. The molecule has 0 amide bonds. The Hall–Kier alpha value is -1.41. The molecule has 1 heterocycles. The van der Waals surface area contributed by atoms with Crippen LogP contribution in [0.2, 0.25) is 5.15 Å². The van der Waals surface area contributed by atoms with Crippen LogP contribution in [0.15, 0.2) is 18.2 Å².